The number of hydrogen-bond acceptors (Lipinski definition) is 9. The van der Waals surface area contributed by atoms with Gasteiger partial charge in [0.1, 0.15) is 22.3 Å². The van der Waals surface area contributed by atoms with Gasteiger partial charge in [0.2, 0.25) is 0 Å². The maximum atomic E-state index is 12.9. The highest BCUT2D eigenvalue weighted by molar-refractivity contribution is 7.20. The van der Waals surface area contributed by atoms with Crippen LogP contribution in [0, 0.1) is 13.8 Å². The molecule has 0 aliphatic heterocycles. The number of nitrogens with two attached hydrogens (primary N) is 1. The molecule has 0 bridgehead atoms. The van der Waals surface area contributed by atoms with E-state index in [4.69, 9.17) is 10.2 Å². The molecule has 3 N–H and O–H groups in total. The normalized spacial score (nSPS) is 12.6. The summed E-state index contributed by atoms with van der Waals surface area (Å²) >= 11 is 1.09. The van der Waals surface area contributed by atoms with Gasteiger partial charge in [0.15, 0.2) is 5.82 Å². The smallest absolute Gasteiger partial charge is 0.262 e. The lowest BCUT2D eigenvalue weighted by molar-refractivity contribution is 0.100. The summed E-state index contributed by atoms with van der Waals surface area (Å²) in [4.78, 5) is 30.8. The van der Waals surface area contributed by atoms with Crippen LogP contribution in [0.2, 0.25) is 0 Å². The van der Waals surface area contributed by atoms with Crippen LogP contribution < -0.4 is 11.3 Å². The lowest BCUT2D eigenvalue weighted by Crippen LogP contribution is -2.22. The van der Waals surface area contributed by atoms with E-state index in [1.807, 2.05) is 25.1 Å². The van der Waals surface area contributed by atoms with Gasteiger partial charge in [0, 0.05) is 5.39 Å². The number of hydrogen-bond donors (Lipinski definition) is 2. The summed E-state index contributed by atoms with van der Waals surface area (Å²) in [6, 6.07) is 7.59. The minimum atomic E-state index is -0.971. The van der Waals surface area contributed by atoms with Crippen molar-refractivity contribution in [2.24, 2.45) is 5.73 Å². The number of aliphatic hydroxyl groups is 1. The van der Waals surface area contributed by atoms with Gasteiger partial charge in [-0.1, -0.05) is 12.1 Å². The molecule has 5 rings (SSSR count). The van der Waals surface area contributed by atoms with E-state index in [9.17, 15) is 14.7 Å². The molecule has 0 saturated carbocycles. The first kappa shape index (κ1) is 21.0. The van der Waals surface area contributed by atoms with Crippen LogP contribution in [0.25, 0.3) is 21.2 Å². The van der Waals surface area contributed by atoms with Crippen LogP contribution in [0.15, 0.2) is 39.8 Å². The van der Waals surface area contributed by atoms with Gasteiger partial charge < -0.3 is 15.3 Å². The third-order valence-corrected chi connectivity index (χ3v) is 6.52. The standard InChI is InChI=1S/C21H19N7O4S/c1-10-3-4-12-6-15(32-14(12)5-10)13(29)7-28-25-16(24-26-28)8-27-9-23-20-17(21(27)31)11(2)18(33-20)19(22)30/h3-6,9,13,29H,7-8H2,1-2H3,(H2,22,30)/t13-/m0/s1. The van der Waals surface area contributed by atoms with Gasteiger partial charge in [-0.2, -0.15) is 4.80 Å². The average molecular weight is 465 g/mol. The number of benzene rings is 1. The predicted molar refractivity (Wildman–Crippen MR) is 120 cm³/mol. The highest BCUT2D eigenvalue weighted by Gasteiger charge is 2.19. The number of nitrogens with zero attached hydrogens (tertiary/aromatic N) is 6. The highest BCUT2D eigenvalue weighted by atomic mass is 32.1. The van der Waals surface area contributed by atoms with Crippen molar-refractivity contribution in [2.75, 3.05) is 0 Å². The van der Waals surface area contributed by atoms with Gasteiger partial charge in [0.25, 0.3) is 11.5 Å². The molecule has 0 saturated heterocycles. The number of aliphatic hydroxyl groups excluding tert-OH is 1. The van der Waals surface area contributed by atoms with Crippen molar-refractivity contribution in [3.05, 3.63) is 68.5 Å². The van der Waals surface area contributed by atoms with Crippen LogP contribution in [0.4, 0.5) is 0 Å². The van der Waals surface area contributed by atoms with E-state index < -0.39 is 12.0 Å². The van der Waals surface area contributed by atoms with Crippen molar-refractivity contribution in [2.45, 2.75) is 33.0 Å². The fraction of sp³-hybridized carbons (Fsp3) is 0.238. The monoisotopic (exact) mass is 465 g/mol. The van der Waals surface area contributed by atoms with Crippen LogP contribution in [0.5, 0.6) is 0 Å². The zero-order valence-corrected chi connectivity index (χ0v) is 18.5. The van der Waals surface area contributed by atoms with Crippen molar-refractivity contribution in [1.29, 1.82) is 0 Å². The molecule has 33 heavy (non-hydrogen) atoms. The summed E-state index contributed by atoms with van der Waals surface area (Å²) in [6.45, 7) is 3.70. The van der Waals surface area contributed by atoms with Gasteiger partial charge >= 0.3 is 0 Å². The van der Waals surface area contributed by atoms with Crippen molar-refractivity contribution in [3.8, 4) is 0 Å². The fourth-order valence-electron chi connectivity index (χ4n) is 3.64. The number of tetrazole rings is 1. The number of carbonyl (C=O) groups excluding carboxylic acids is 1. The van der Waals surface area contributed by atoms with Gasteiger partial charge in [0.05, 0.1) is 29.7 Å². The van der Waals surface area contributed by atoms with Crippen LogP contribution in [0.1, 0.15) is 38.5 Å². The van der Waals surface area contributed by atoms with E-state index in [0.29, 0.717) is 32.0 Å². The average Bonchev–Trinajstić information content (AvgIpc) is 3.47. The minimum absolute atomic E-state index is 0.0307. The first-order valence-electron chi connectivity index (χ1n) is 10.0. The number of aromatic nitrogens is 6. The second-order valence-electron chi connectivity index (χ2n) is 7.74. The lowest BCUT2D eigenvalue weighted by atomic mass is 10.2. The molecule has 5 aromatic rings. The Morgan fingerprint density at radius 2 is 2.12 bits per heavy atom. The van der Waals surface area contributed by atoms with Gasteiger partial charge in [-0.3, -0.25) is 14.2 Å². The zero-order valence-electron chi connectivity index (χ0n) is 17.7. The fourth-order valence-corrected chi connectivity index (χ4v) is 4.64. The van der Waals surface area contributed by atoms with Gasteiger partial charge in [-0.15, -0.1) is 21.5 Å². The third kappa shape index (κ3) is 3.79. The molecular weight excluding hydrogens is 446 g/mol. The first-order valence-corrected chi connectivity index (χ1v) is 10.8. The Hall–Kier alpha value is -3.90. The van der Waals surface area contributed by atoms with Crippen molar-refractivity contribution < 1.29 is 14.3 Å². The highest BCUT2D eigenvalue weighted by Crippen LogP contribution is 2.27. The Morgan fingerprint density at radius 1 is 1.30 bits per heavy atom. The zero-order chi connectivity index (χ0) is 23.3. The van der Waals surface area contributed by atoms with E-state index in [1.54, 1.807) is 13.0 Å². The molecule has 0 aliphatic carbocycles. The van der Waals surface area contributed by atoms with E-state index in [2.05, 4.69) is 20.4 Å². The first-order chi connectivity index (χ1) is 15.8. The van der Waals surface area contributed by atoms with E-state index in [1.165, 1.54) is 15.7 Å². The second kappa shape index (κ2) is 7.90. The summed E-state index contributed by atoms with van der Waals surface area (Å²) in [5.74, 6) is 0.0800. The number of fused-ring (bicyclic) bond motifs is 2. The summed E-state index contributed by atoms with van der Waals surface area (Å²) in [5.41, 5.74) is 7.32. The summed E-state index contributed by atoms with van der Waals surface area (Å²) in [7, 11) is 0. The molecule has 0 aliphatic rings. The van der Waals surface area contributed by atoms with Crippen LogP contribution in [0.3, 0.4) is 0 Å². The molecule has 1 amide bonds. The molecular formula is C21H19N7O4S. The van der Waals surface area contributed by atoms with Crippen molar-refractivity contribution >= 4 is 38.4 Å². The molecule has 11 nitrogen and oxygen atoms in total. The van der Waals surface area contributed by atoms with Crippen molar-refractivity contribution in [3.63, 3.8) is 0 Å². The molecule has 0 spiro atoms. The summed E-state index contributed by atoms with van der Waals surface area (Å²) in [5, 5.41) is 24.0. The van der Waals surface area contributed by atoms with Crippen molar-refractivity contribution in [1.82, 2.24) is 29.8 Å². The molecule has 4 heterocycles. The van der Waals surface area contributed by atoms with Gasteiger partial charge in [-0.05, 0) is 42.3 Å². The Morgan fingerprint density at radius 3 is 2.91 bits per heavy atom. The Labute approximate surface area is 190 Å². The molecule has 12 heteroatoms. The van der Waals surface area contributed by atoms with E-state index >= 15 is 0 Å². The Balaban J connectivity index is 1.36. The second-order valence-corrected chi connectivity index (χ2v) is 8.74. The van der Waals surface area contributed by atoms with E-state index in [-0.39, 0.29) is 24.5 Å². The summed E-state index contributed by atoms with van der Waals surface area (Å²) < 4.78 is 7.09. The number of furan rings is 1. The maximum Gasteiger partial charge on any atom is 0.262 e. The van der Waals surface area contributed by atoms with Gasteiger partial charge in [-0.25, -0.2) is 4.98 Å². The topological polar surface area (TPSA) is 155 Å². The number of aryl methyl sites for hydroxylation is 2. The lowest BCUT2D eigenvalue weighted by Gasteiger charge is -2.05. The van der Waals surface area contributed by atoms with Crippen LogP contribution >= 0.6 is 11.3 Å². The third-order valence-electron chi connectivity index (χ3n) is 5.31. The van der Waals surface area contributed by atoms with Crippen LogP contribution in [-0.4, -0.2) is 40.8 Å². The number of primary amides is 1. The number of rotatable bonds is 6. The Bertz CT molecular complexity index is 1580. The molecule has 0 unspecified atom stereocenters. The number of amides is 1. The molecule has 1 atom stereocenters. The minimum Gasteiger partial charge on any atom is -0.458 e. The molecule has 0 radical (unpaired) electrons. The number of thiophene rings is 1. The van der Waals surface area contributed by atoms with E-state index in [0.717, 1.165) is 22.3 Å². The quantitative estimate of drug-likeness (QED) is 0.384. The Kier molecular flexibility index (Phi) is 5.02. The number of carbonyl (C=O) groups is 1. The van der Waals surface area contributed by atoms with Crippen LogP contribution in [-0.2, 0) is 13.1 Å². The molecule has 168 valence electrons. The molecule has 0 fully saturated rings. The maximum absolute atomic E-state index is 12.9. The molecule has 4 aromatic heterocycles. The summed E-state index contributed by atoms with van der Waals surface area (Å²) in [6.07, 6.45) is 0.401. The SMILES string of the molecule is Cc1ccc2cc([C@@H](O)Cn3nnc(Cn4cnc5sc(C(N)=O)c(C)c5c4=O)n3)oc2c1. The largest absolute Gasteiger partial charge is 0.458 e. The molecule has 1 aromatic carbocycles. The predicted octanol–water partition coefficient (Wildman–Crippen LogP) is 1.69.